The second kappa shape index (κ2) is 8.84. The van der Waals surface area contributed by atoms with E-state index in [4.69, 9.17) is 5.73 Å². The molecule has 2 aromatic carbocycles. The Hall–Kier alpha value is -2.92. The standard InChI is InChI=1S/C25H26N2O2S/c26-24(29)25(16-20-6-9-21(10-7-20)22-12-15-30-17-22)13-14-27(18-25)23(28)11-8-19-4-2-1-3-5-19/h1-7,9-10,12,15,17H,8,11,13-14,16,18H2,(H2,26,29)/t25-/m1/s1. The summed E-state index contributed by atoms with van der Waals surface area (Å²) in [6, 6.07) is 20.4. The molecule has 0 saturated carbocycles. The third kappa shape index (κ3) is 4.46. The molecule has 2 heterocycles. The lowest BCUT2D eigenvalue weighted by Gasteiger charge is -2.26. The van der Waals surface area contributed by atoms with E-state index >= 15 is 0 Å². The number of thiophene rings is 1. The Labute approximate surface area is 181 Å². The first-order chi connectivity index (χ1) is 14.6. The van der Waals surface area contributed by atoms with E-state index in [0.29, 0.717) is 38.8 Å². The average molecular weight is 419 g/mol. The fourth-order valence-corrected chi connectivity index (χ4v) is 4.87. The van der Waals surface area contributed by atoms with Gasteiger partial charge in [-0.3, -0.25) is 9.59 Å². The number of nitrogens with two attached hydrogens (primary N) is 1. The predicted octanol–water partition coefficient (Wildman–Crippen LogP) is 4.29. The van der Waals surface area contributed by atoms with Gasteiger partial charge in [-0.25, -0.2) is 0 Å². The van der Waals surface area contributed by atoms with E-state index in [1.54, 1.807) is 11.3 Å². The molecule has 0 aliphatic carbocycles. The van der Waals surface area contributed by atoms with Crippen molar-refractivity contribution in [1.82, 2.24) is 4.90 Å². The number of hydrogen-bond acceptors (Lipinski definition) is 3. The van der Waals surface area contributed by atoms with E-state index < -0.39 is 5.41 Å². The van der Waals surface area contributed by atoms with Crippen LogP contribution in [0.25, 0.3) is 11.1 Å². The molecule has 5 heteroatoms. The molecule has 1 aliphatic heterocycles. The van der Waals surface area contributed by atoms with Crippen molar-refractivity contribution in [1.29, 1.82) is 0 Å². The fraction of sp³-hybridized carbons (Fsp3) is 0.280. The number of likely N-dealkylation sites (tertiary alicyclic amines) is 1. The molecule has 2 amide bonds. The average Bonchev–Trinajstić information content (AvgIpc) is 3.45. The highest BCUT2D eigenvalue weighted by atomic mass is 32.1. The highest BCUT2D eigenvalue weighted by Crippen LogP contribution is 2.35. The summed E-state index contributed by atoms with van der Waals surface area (Å²) in [6.07, 6.45) is 2.35. The van der Waals surface area contributed by atoms with Crippen molar-refractivity contribution in [2.75, 3.05) is 13.1 Å². The summed E-state index contributed by atoms with van der Waals surface area (Å²) in [7, 11) is 0. The number of rotatable bonds is 7. The van der Waals surface area contributed by atoms with Crippen LogP contribution in [0.5, 0.6) is 0 Å². The van der Waals surface area contributed by atoms with Gasteiger partial charge >= 0.3 is 0 Å². The molecule has 1 aliphatic rings. The van der Waals surface area contributed by atoms with Crippen LogP contribution in [0.15, 0.2) is 71.4 Å². The summed E-state index contributed by atoms with van der Waals surface area (Å²) < 4.78 is 0. The first kappa shape index (κ1) is 20.4. The van der Waals surface area contributed by atoms with Gasteiger partial charge in [-0.15, -0.1) is 0 Å². The van der Waals surface area contributed by atoms with Crippen LogP contribution in [-0.2, 0) is 22.4 Å². The third-order valence-corrected chi connectivity index (χ3v) is 6.73. The van der Waals surface area contributed by atoms with Gasteiger partial charge in [0, 0.05) is 19.5 Å². The van der Waals surface area contributed by atoms with Crippen molar-refractivity contribution in [2.24, 2.45) is 11.1 Å². The minimum absolute atomic E-state index is 0.0924. The Morgan fingerprint density at radius 2 is 1.73 bits per heavy atom. The molecule has 154 valence electrons. The van der Waals surface area contributed by atoms with Gasteiger partial charge in [-0.2, -0.15) is 11.3 Å². The zero-order chi connectivity index (χ0) is 21.0. The maximum absolute atomic E-state index is 12.7. The molecular formula is C25H26N2O2S. The lowest BCUT2D eigenvalue weighted by atomic mass is 9.80. The van der Waals surface area contributed by atoms with E-state index in [-0.39, 0.29) is 11.8 Å². The molecule has 2 N–H and O–H groups in total. The van der Waals surface area contributed by atoms with E-state index in [1.165, 1.54) is 5.56 Å². The molecule has 0 radical (unpaired) electrons. The van der Waals surface area contributed by atoms with Gasteiger partial charge in [0.25, 0.3) is 0 Å². The number of hydrogen-bond donors (Lipinski definition) is 1. The van der Waals surface area contributed by atoms with Crippen LogP contribution in [0.4, 0.5) is 0 Å². The Morgan fingerprint density at radius 1 is 0.967 bits per heavy atom. The smallest absolute Gasteiger partial charge is 0.225 e. The van der Waals surface area contributed by atoms with Crippen LogP contribution in [0.1, 0.15) is 24.0 Å². The zero-order valence-corrected chi connectivity index (χ0v) is 17.7. The molecule has 4 rings (SSSR count). The molecule has 3 aromatic rings. The monoisotopic (exact) mass is 418 g/mol. The quantitative estimate of drug-likeness (QED) is 0.622. The van der Waals surface area contributed by atoms with Crippen molar-refractivity contribution in [2.45, 2.75) is 25.7 Å². The molecule has 0 spiro atoms. The number of primary amides is 1. The largest absolute Gasteiger partial charge is 0.369 e. The number of carbonyl (C=O) groups is 2. The number of amides is 2. The lowest BCUT2D eigenvalue weighted by Crippen LogP contribution is -2.42. The van der Waals surface area contributed by atoms with Gasteiger partial charge in [0.15, 0.2) is 0 Å². The highest BCUT2D eigenvalue weighted by molar-refractivity contribution is 7.08. The predicted molar refractivity (Wildman–Crippen MR) is 121 cm³/mol. The van der Waals surface area contributed by atoms with Gasteiger partial charge in [-0.05, 0) is 58.3 Å². The maximum atomic E-state index is 12.7. The van der Waals surface area contributed by atoms with Gasteiger partial charge in [0.2, 0.25) is 11.8 Å². The lowest BCUT2D eigenvalue weighted by molar-refractivity contribution is -0.132. The van der Waals surface area contributed by atoms with Crippen LogP contribution in [0.3, 0.4) is 0 Å². The Balaban J connectivity index is 1.41. The second-order valence-electron chi connectivity index (χ2n) is 8.08. The molecule has 4 nitrogen and oxygen atoms in total. The van der Waals surface area contributed by atoms with Crippen LogP contribution in [0, 0.1) is 5.41 Å². The van der Waals surface area contributed by atoms with Crippen molar-refractivity contribution >= 4 is 23.2 Å². The molecule has 1 fully saturated rings. The summed E-state index contributed by atoms with van der Waals surface area (Å²) in [6.45, 7) is 0.992. The normalized spacial score (nSPS) is 18.5. The van der Waals surface area contributed by atoms with E-state index in [2.05, 4.69) is 41.1 Å². The summed E-state index contributed by atoms with van der Waals surface area (Å²) >= 11 is 1.67. The van der Waals surface area contributed by atoms with E-state index in [1.807, 2.05) is 35.2 Å². The maximum Gasteiger partial charge on any atom is 0.225 e. The van der Waals surface area contributed by atoms with Crippen LogP contribution in [-0.4, -0.2) is 29.8 Å². The van der Waals surface area contributed by atoms with Crippen LogP contribution < -0.4 is 5.73 Å². The van der Waals surface area contributed by atoms with Crippen LogP contribution >= 0.6 is 11.3 Å². The number of aryl methyl sites for hydroxylation is 1. The summed E-state index contributed by atoms with van der Waals surface area (Å²) in [5.41, 5.74) is 9.74. The van der Waals surface area contributed by atoms with E-state index in [9.17, 15) is 9.59 Å². The molecular weight excluding hydrogens is 392 g/mol. The van der Waals surface area contributed by atoms with Crippen molar-refractivity contribution < 1.29 is 9.59 Å². The Kier molecular flexibility index (Phi) is 6.00. The van der Waals surface area contributed by atoms with Crippen molar-refractivity contribution in [3.8, 4) is 11.1 Å². The highest BCUT2D eigenvalue weighted by Gasteiger charge is 2.44. The summed E-state index contributed by atoms with van der Waals surface area (Å²) in [5.74, 6) is -0.224. The van der Waals surface area contributed by atoms with Gasteiger partial charge < -0.3 is 10.6 Å². The summed E-state index contributed by atoms with van der Waals surface area (Å²) in [5, 5.41) is 4.18. The molecule has 0 bridgehead atoms. The molecule has 30 heavy (non-hydrogen) atoms. The third-order valence-electron chi connectivity index (χ3n) is 6.05. The fourth-order valence-electron chi connectivity index (χ4n) is 4.21. The Bertz CT molecular complexity index is 999. The number of benzene rings is 2. The molecule has 1 atom stereocenters. The van der Waals surface area contributed by atoms with Gasteiger partial charge in [0.1, 0.15) is 0 Å². The number of nitrogens with zero attached hydrogens (tertiary/aromatic N) is 1. The topological polar surface area (TPSA) is 63.4 Å². The first-order valence-electron chi connectivity index (χ1n) is 10.3. The van der Waals surface area contributed by atoms with Crippen molar-refractivity contribution in [3.05, 3.63) is 82.6 Å². The zero-order valence-electron chi connectivity index (χ0n) is 16.9. The van der Waals surface area contributed by atoms with Crippen molar-refractivity contribution in [3.63, 3.8) is 0 Å². The number of carbonyl (C=O) groups excluding carboxylic acids is 2. The first-order valence-corrected chi connectivity index (χ1v) is 11.2. The SMILES string of the molecule is NC(=O)[C@@]1(Cc2ccc(-c3ccsc3)cc2)CCN(C(=O)CCc2ccccc2)C1. The van der Waals surface area contributed by atoms with Gasteiger partial charge in [0.05, 0.1) is 5.41 Å². The Morgan fingerprint density at radius 3 is 2.40 bits per heavy atom. The molecule has 1 saturated heterocycles. The van der Waals surface area contributed by atoms with E-state index in [0.717, 1.165) is 16.7 Å². The minimum atomic E-state index is -0.688. The van der Waals surface area contributed by atoms with Gasteiger partial charge in [-0.1, -0.05) is 54.6 Å². The molecule has 1 aromatic heterocycles. The molecule has 0 unspecified atom stereocenters. The van der Waals surface area contributed by atoms with Crippen LogP contribution in [0.2, 0.25) is 0 Å². The second-order valence-corrected chi connectivity index (χ2v) is 8.86. The summed E-state index contributed by atoms with van der Waals surface area (Å²) in [4.78, 5) is 27.0. The minimum Gasteiger partial charge on any atom is -0.369 e.